The van der Waals surface area contributed by atoms with E-state index in [0.29, 0.717) is 0 Å². The third kappa shape index (κ3) is 2.67. The molecule has 0 aliphatic heterocycles. The maximum Gasteiger partial charge on any atom is 0.267 e. The van der Waals surface area contributed by atoms with Crippen LogP contribution in [-0.4, -0.2) is 13.4 Å². The molecule has 8 heteroatoms. The highest BCUT2D eigenvalue weighted by atomic mass is 32.2. The van der Waals surface area contributed by atoms with E-state index >= 15 is 0 Å². The number of rotatable bonds is 3. The lowest BCUT2D eigenvalue weighted by Gasteiger charge is -2.07. The van der Waals surface area contributed by atoms with Crippen molar-refractivity contribution in [3.63, 3.8) is 0 Å². The molecule has 1 heterocycles. The molecular formula is C12H8FN3O3S. The van der Waals surface area contributed by atoms with Crippen molar-refractivity contribution in [1.29, 1.82) is 5.26 Å². The van der Waals surface area contributed by atoms with Gasteiger partial charge in [0, 0.05) is 18.5 Å². The predicted molar refractivity (Wildman–Crippen MR) is 69.0 cm³/mol. The standard InChI is InChI=1S/C12H8FN3O3S/c13-10-2-1-9(5-8(10)6-14)16-20(18,19)12-7-15-4-3-11(12)17/h1-5,7,16H,(H,15,17). The van der Waals surface area contributed by atoms with Gasteiger partial charge in [-0.15, -0.1) is 0 Å². The average molecular weight is 293 g/mol. The van der Waals surface area contributed by atoms with Crippen LogP contribution < -0.4 is 10.2 Å². The molecule has 0 aliphatic carbocycles. The molecule has 0 atom stereocenters. The summed E-state index contributed by atoms with van der Waals surface area (Å²) in [6.07, 6.45) is 2.34. The molecule has 6 nitrogen and oxygen atoms in total. The van der Waals surface area contributed by atoms with Crippen molar-refractivity contribution in [2.75, 3.05) is 4.72 Å². The zero-order valence-electron chi connectivity index (χ0n) is 9.92. The van der Waals surface area contributed by atoms with Gasteiger partial charge in [-0.25, -0.2) is 12.8 Å². The second kappa shape index (κ2) is 5.14. The number of nitriles is 1. The second-order valence-corrected chi connectivity index (χ2v) is 5.44. The molecule has 20 heavy (non-hydrogen) atoms. The number of H-pyrrole nitrogens is 1. The van der Waals surface area contributed by atoms with Gasteiger partial charge >= 0.3 is 0 Å². The second-order valence-electron chi connectivity index (χ2n) is 3.78. The maximum atomic E-state index is 13.1. The normalized spacial score (nSPS) is 10.8. The van der Waals surface area contributed by atoms with E-state index in [1.165, 1.54) is 6.20 Å². The van der Waals surface area contributed by atoms with Crippen molar-refractivity contribution in [2.45, 2.75) is 4.90 Å². The maximum absolute atomic E-state index is 13.1. The number of aromatic nitrogens is 1. The Bertz CT molecular complexity index is 853. The fraction of sp³-hybridized carbons (Fsp3) is 0. The summed E-state index contributed by atoms with van der Waals surface area (Å²) in [6.45, 7) is 0. The van der Waals surface area contributed by atoms with Gasteiger partial charge < -0.3 is 4.98 Å². The highest BCUT2D eigenvalue weighted by Gasteiger charge is 2.18. The SMILES string of the molecule is N#Cc1cc(NS(=O)(=O)c2c[nH]ccc2=O)ccc1F. The quantitative estimate of drug-likeness (QED) is 0.887. The van der Waals surface area contributed by atoms with Crippen LogP contribution in [0.5, 0.6) is 0 Å². The number of halogens is 1. The Hall–Kier alpha value is -2.66. The van der Waals surface area contributed by atoms with Crippen LogP contribution in [0.15, 0.2) is 46.3 Å². The molecule has 0 saturated carbocycles. The Morgan fingerprint density at radius 2 is 2.05 bits per heavy atom. The van der Waals surface area contributed by atoms with E-state index in [-0.39, 0.29) is 11.3 Å². The van der Waals surface area contributed by atoms with Crippen LogP contribution in [0.2, 0.25) is 0 Å². The van der Waals surface area contributed by atoms with Crippen molar-refractivity contribution >= 4 is 15.7 Å². The molecule has 2 rings (SSSR count). The Morgan fingerprint density at radius 3 is 2.70 bits per heavy atom. The molecule has 0 aliphatic rings. The van der Waals surface area contributed by atoms with Crippen molar-refractivity contribution in [2.24, 2.45) is 0 Å². The minimum absolute atomic E-state index is 0.00815. The van der Waals surface area contributed by atoms with E-state index in [1.807, 2.05) is 0 Å². The zero-order valence-corrected chi connectivity index (χ0v) is 10.7. The highest BCUT2D eigenvalue weighted by molar-refractivity contribution is 7.92. The first kappa shape index (κ1) is 13.8. The summed E-state index contributed by atoms with van der Waals surface area (Å²) in [6, 6.07) is 5.83. The van der Waals surface area contributed by atoms with E-state index < -0.39 is 26.2 Å². The number of benzene rings is 1. The molecule has 0 amide bonds. The number of hydrogen-bond donors (Lipinski definition) is 2. The minimum atomic E-state index is -4.11. The van der Waals surface area contributed by atoms with Gasteiger partial charge in [-0.1, -0.05) is 0 Å². The number of nitrogens with one attached hydrogen (secondary N) is 2. The van der Waals surface area contributed by atoms with Crippen LogP contribution >= 0.6 is 0 Å². The molecular weight excluding hydrogens is 285 g/mol. The highest BCUT2D eigenvalue weighted by Crippen LogP contribution is 2.17. The van der Waals surface area contributed by atoms with E-state index in [2.05, 4.69) is 9.71 Å². The number of aromatic amines is 1. The third-order valence-corrected chi connectivity index (χ3v) is 3.82. The molecule has 1 aromatic carbocycles. The molecule has 0 radical (unpaired) electrons. The number of hydrogen-bond acceptors (Lipinski definition) is 4. The van der Waals surface area contributed by atoms with Gasteiger partial charge in [-0.05, 0) is 18.2 Å². The molecule has 2 aromatic rings. The van der Waals surface area contributed by atoms with Crippen molar-refractivity contribution < 1.29 is 12.8 Å². The van der Waals surface area contributed by atoms with Crippen molar-refractivity contribution in [3.05, 3.63) is 58.3 Å². The number of sulfonamides is 1. The van der Waals surface area contributed by atoms with Crippen molar-refractivity contribution in [1.82, 2.24) is 4.98 Å². The van der Waals surface area contributed by atoms with Gasteiger partial charge in [0.15, 0.2) is 4.90 Å². The Balaban J connectivity index is 2.42. The Labute approximate surface area is 113 Å². The summed E-state index contributed by atoms with van der Waals surface area (Å²) in [5.41, 5.74) is -0.989. The lowest BCUT2D eigenvalue weighted by molar-refractivity contribution is 0.599. The third-order valence-electron chi connectivity index (χ3n) is 2.42. The van der Waals surface area contributed by atoms with E-state index in [1.54, 1.807) is 6.07 Å². The lowest BCUT2D eigenvalue weighted by Crippen LogP contribution is -2.21. The van der Waals surface area contributed by atoms with Crippen LogP contribution in [0.1, 0.15) is 5.56 Å². The molecule has 0 fully saturated rings. The first-order valence-electron chi connectivity index (χ1n) is 5.33. The minimum Gasteiger partial charge on any atom is -0.366 e. The van der Waals surface area contributed by atoms with Gasteiger partial charge in [0.2, 0.25) is 5.43 Å². The largest absolute Gasteiger partial charge is 0.366 e. The summed E-state index contributed by atoms with van der Waals surface area (Å²) in [4.78, 5) is 13.5. The summed E-state index contributed by atoms with van der Waals surface area (Å²) < 4.78 is 39.2. The lowest BCUT2D eigenvalue weighted by atomic mass is 10.2. The van der Waals surface area contributed by atoms with Crippen molar-refractivity contribution in [3.8, 4) is 6.07 Å². The van der Waals surface area contributed by atoms with Gasteiger partial charge in [0.1, 0.15) is 11.9 Å². The van der Waals surface area contributed by atoms with Crippen LogP contribution in [0.25, 0.3) is 0 Å². The topological polar surface area (TPSA) is 103 Å². The molecule has 0 spiro atoms. The van der Waals surface area contributed by atoms with Crippen LogP contribution in [0.3, 0.4) is 0 Å². The summed E-state index contributed by atoms with van der Waals surface area (Å²) in [7, 11) is -4.11. The van der Waals surface area contributed by atoms with Gasteiger partial charge in [0.25, 0.3) is 10.0 Å². The smallest absolute Gasteiger partial charge is 0.267 e. The zero-order chi connectivity index (χ0) is 14.8. The van der Waals surface area contributed by atoms with E-state index in [0.717, 1.165) is 30.5 Å². The molecule has 2 N–H and O–H groups in total. The monoisotopic (exact) mass is 293 g/mol. The number of nitrogens with zero attached hydrogens (tertiary/aromatic N) is 1. The van der Waals surface area contributed by atoms with Crippen LogP contribution in [-0.2, 0) is 10.0 Å². The molecule has 0 bridgehead atoms. The van der Waals surface area contributed by atoms with Gasteiger partial charge in [0.05, 0.1) is 11.3 Å². The fourth-order valence-electron chi connectivity index (χ4n) is 1.50. The summed E-state index contributed by atoms with van der Waals surface area (Å²) in [5, 5.41) is 8.68. The number of anilines is 1. The predicted octanol–water partition coefficient (Wildman–Crippen LogP) is 1.19. The van der Waals surface area contributed by atoms with Crippen LogP contribution in [0.4, 0.5) is 10.1 Å². The van der Waals surface area contributed by atoms with Gasteiger partial charge in [-0.3, -0.25) is 9.52 Å². The Morgan fingerprint density at radius 1 is 1.30 bits per heavy atom. The van der Waals surface area contributed by atoms with E-state index in [9.17, 15) is 17.6 Å². The Kier molecular flexibility index (Phi) is 3.54. The summed E-state index contributed by atoms with van der Waals surface area (Å²) in [5.74, 6) is -0.756. The number of pyridine rings is 1. The van der Waals surface area contributed by atoms with Crippen LogP contribution in [0, 0.1) is 17.1 Å². The van der Waals surface area contributed by atoms with Gasteiger partial charge in [-0.2, -0.15) is 5.26 Å². The average Bonchev–Trinajstić information content (AvgIpc) is 2.41. The first-order chi connectivity index (χ1) is 9.44. The molecule has 0 saturated heterocycles. The molecule has 102 valence electrons. The summed E-state index contributed by atoms with van der Waals surface area (Å²) >= 11 is 0. The first-order valence-corrected chi connectivity index (χ1v) is 6.82. The van der Waals surface area contributed by atoms with E-state index in [4.69, 9.17) is 5.26 Å². The molecule has 0 unspecified atom stereocenters. The fourth-order valence-corrected chi connectivity index (χ4v) is 2.60. The molecule has 1 aromatic heterocycles.